The monoisotopic (exact) mass is 362 g/mol. The van der Waals surface area contributed by atoms with Crippen LogP contribution in [-0.4, -0.2) is 11.6 Å². The molecule has 3 aliphatic rings. The van der Waals surface area contributed by atoms with Gasteiger partial charge in [0.15, 0.2) is 5.78 Å². The number of allylic oxidation sites excluding steroid dienone is 3. The average molecular weight is 363 g/mol. The van der Waals surface area contributed by atoms with Crippen LogP contribution in [0.1, 0.15) is 69.8 Å². The summed E-state index contributed by atoms with van der Waals surface area (Å²) in [6.45, 7) is 0. The molecule has 1 aromatic carbocycles. The third-order valence-electron chi connectivity index (χ3n) is 6.72. The second kappa shape index (κ2) is 8.37. The van der Waals surface area contributed by atoms with Crippen LogP contribution in [0.2, 0.25) is 0 Å². The molecule has 2 nitrogen and oxygen atoms in total. The number of ketones is 2. The topological polar surface area (TPSA) is 34.1 Å². The molecule has 0 bridgehead atoms. The van der Waals surface area contributed by atoms with Gasteiger partial charge in [0.1, 0.15) is 5.78 Å². The Balaban J connectivity index is 1.41. The van der Waals surface area contributed by atoms with Gasteiger partial charge in [-0.05, 0) is 75.0 Å². The van der Waals surface area contributed by atoms with Crippen molar-refractivity contribution >= 4 is 17.6 Å². The fourth-order valence-electron chi connectivity index (χ4n) is 5.23. The molecule has 0 heterocycles. The zero-order chi connectivity index (χ0) is 18.6. The third-order valence-corrected chi connectivity index (χ3v) is 6.72. The Hall–Kier alpha value is -1.96. The highest BCUT2D eigenvalue weighted by Crippen LogP contribution is 2.40. The summed E-state index contributed by atoms with van der Waals surface area (Å²) in [7, 11) is 0. The van der Waals surface area contributed by atoms with Crippen molar-refractivity contribution in [1.82, 2.24) is 0 Å². The molecule has 2 fully saturated rings. The molecule has 0 amide bonds. The lowest BCUT2D eigenvalue weighted by molar-refractivity contribution is -0.129. The third kappa shape index (κ3) is 4.15. The van der Waals surface area contributed by atoms with Crippen molar-refractivity contribution in [3.63, 3.8) is 0 Å². The summed E-state index contributed by atoms with van der Waals surface area (Å²) >= 11 is 0. The second-order valence-corrected chi connectivity index (χ2v) is 8.52. The molecular formula is C25H30O2. The first-order valence-corrected chi connectivity index (χ1v) is 10.7. The number of benzene rings is 1. The van der Waals surface area contributed by atoms with Gasteiger partial charge in [-0.25, -0.2) is 0 Å². The first kappa shape index (κ1) is 18.4. The van der Waals surface area contributed by atoms with Crippen molar-refractivity contribution in [2.24, 2.45) is 17.8 Å². The summed E-state index contributed by atoms with van der Waals surface area (Å²) in [5.74, 6) is 1.01. The van der Waals surface area contributed by atoms with Gasteiger partial charge < -0.3 is 0 Å². The normalized spacial score (nSPS) is 30.6. The maximum atomic E-state index is 13.1. The van der Waals surface area contributed by atoms with Gasteiger partial charge in [0, 0.05) is 17.8 Å². The van der Waals surface area contributed by atoms with E-state index < -0.39 is 0 Å². The Bertz CT molecular complexity index is 756. The maximum Gasteiger partial charge on any atom is 0.161 e. The lowest BCUT2D eigenvalue weighted by Gasteiger charge is -2.31. The number of hydrogen-bond donors (Lipinski definition) is 0. The number of rotatable bonds is 4. The molecule has 3 atom stereocenters. The fourth-order valence-corrected chi connectivity index (χ4v) is 5.23. The van der Waals surface area contributed by atoms with Crippen LogP contribution in [0, 0.1) is 17.8 Å². The van der Waals surface area contributed by atoms with Crippen molar-refractivity contribution in [1.29, 1.82) is 0 Å². The van der Waals surface area contributed by atoms with Crippen LogP contribution in [0.5, 0.6) is 0 Å². The van der Waals surface area contributed by atoms with Crippen LogP contribution < -0.4 is 0 Å². The average Bonchev–Trinajstić information content (AvgIpc) is 3.04. The summed E-state index contributed by atoms with van der Waals surface area (Å²) in [4.78, 5) is 26.0. The zero-order valence-corrected chi connectivity index (χ0v) is 16.2. The largest absolute Gasteiger partial charge is 0.299 e. The van der Waals surface area contributed by atoms with Gasteiger partial charge in [-0.2, -0.15) is 0 Å². The molecule has 0 spiro atoms. The van der Waals surface area contributed by atoms with E-state index in [9.17, 15) is 9.59 Å². The van der Waals surface area contributed by atoms with Gasteiger partial charge in [-0.1, -0.05) is 48.4 Å². The van der Waals surface area contributed by atoms with E-state index in [0.717, 1.165) is 62.5 Å². The maximum absolute atomic E-state index is 13.1. The van der Waals surface area contributed by atoms with Crippen LogP contribution in [-0.2, 0) is 9.59 Å². The van der Waals surface area contributed by atoms with Gasteiger partial charge in [-0.3, -0.25) is 9.59 Å². The standard InChI is InChI=1S/C25H30O2/c26-24-21(16-18-8-3-1-4-9-18)14-15-22(24)17-20-12-7-13-23(25(20)27)19-10-5-2-6-11-19/h1,3-4,8-10,16,20,22-23H,2,5-7,11-15,17H2/b21-16+/t20-,22-,23-/m1/s1. The molecule has 0 saturated heterocycles. The zero-order valence-electron chi connectivity index (χ0n) is 16.2. The summed E-state index contributed by atoms with van der Waals surface area (Å²) in [5, 5.41) is 0. The number of hydrogen-bond acceptors (Lipinski definition) is 2. The minimum atomic E-state index is 0.0491. The van der Waals surface area contributed by atoms with E-state index in [2.05, 4.69) is 6.08 Å². The Kier molecular flexibility index (Phi) is 5.71. The molecular weight excluding hydrogens is 332 g/mol. The van der Waals surface area contributed by atoms with E-state index in [1.807, 2.05) is 36.4 Å². The molecule has 0 unspecified atom stereocenters. The van der Waals surface area contributed by atoms with E-state index in [1.54, 1.807) is 0 Å². The van der Waals surface area contributed by atoms with E-state index >= 15 is 0 Å². The molecule has 3 aliphatic carbocycles. The minimum absolute atomic E-state index is 0.0491. The van der Waals surface area contributed by atoms with E-state index in [4.69, 9.17) is 0 Å². The molecule has 0 aromatic heterocycles. The van der Waals surface area contributed by atoms with Crippen LogP contribution in [0.3, 0.4) is 0 Å². The summed E-state index contributed by atoms with van der Waals surface area (Å²) < 4.78 is 0. The van der Waals surface area contributed by atoms with Gasteiger partial charge in [0.2, 0.25) is 0 Å². The van der Waals surface area contributed by atoms with Gasteiger partial charge in [-0.15, -0.1) is 0 Å². The lowest BCUT2D eigenvalue weighted by atomic mass is 9.71. The number of Topliss-reactive ketones (excluding diaryl/α,β-unsaturated/α-hetero) is 2. The number of carbonyl (C=O) groups is 2. The molecule has 142 valence electrons. The molecule has 0 N–H and O–H groups in total. The number of carbonyl (C=O) groups excluding carboxylic acids is 2. The predicted octanol–water partition coefficient (Wildman–Crippen LogP) is 5.93. The minimum Gasteiger partial charge on any atom is -0.299 e. The summed E-state index contributed by atoms with van der Waals surface area (Å²) in [6.07, 6.45) is 14.8. The Morgan fingerprint density at radius 2 is 1.74 bits per heavy atom. The first-order valence-electron chi connectivity index (χ1n) is 10.7. The molecule has 27 heavy (non-hydrogen) atoms. The SMILES string of the molecule is O=C1/C(=C/c2ccccc2)CC[C@@H]1C[C@H]1CCC[C@H](C2=CCCCC2)C1=O. The summed E-state index contributed by atoms with van der Waals surface area (Å²) in [6, 6.07) is 10.1. The van der Waals surface area contributed by atoms with Crippen LogP contribution in [0.4, 0.5) is 0 Å². The highest BCUT2D eigenvalue weighted by atomic mass is 16.1. The Labute approximate surface area is 162 Å². The molecule has 0 aliphatic heterocycles. The second-order valence-electron chi connectivity index (χ2n) is 8.52. The van der Waals surface area contributed by atoms with E-state index in [-0.39, 0.29) is 23.5 Å². The summed E-state index contributed by atoms with van der Waals surface area (Å²) in [5.41, 5.74) is 3.44. The predicted molar refractivity (Wildman–Crippen MR) is 109 cm³/mol. The van der Waals surface area contributed by atoms with E-state index in [1.165, 1.54) is 18.4 Å². The fraction of sp³-hybridized carbons (Fsp3) is 0.520. The Morgan fingerprint density at radius 3 is 2.52 bits per heavy atom. The van der Waals surface area contributed by atoms with E-state index in [0.29, 0.717) is 5.78 Å². The highest BCUT2D eigenvalue weighted by Gasteiger charge is 2.38. The highest BCUT2D eigenvalue weighted by molar-refractivity contribution is 6.03. The van der Waals surface area contributed by atoms with Crippen molar-refractivity contribution < 1.29 is 9.59 Å². The smallest absolute Gasteiger partial charge is 0.161 e. The van der Waals surface area contributed by atoms with Gasteiger partial charge >= 0.3 is 0 Å². The molecule has 1 aromatic rings. The van der Waals surface area contributed by atoms with Crippen molar-refractivity contribution in [2.45, 2.75) is 64.2 Å². The van der Waals surface area contributed by atoms with Gasteiger partial charge in [0.05, 0.1) is 0 Å². The quantitative estimate of drug-likeness (QED) is 0.492. The Morgan fingerprint density at radius 1 is 0.889 bits per heavy atom. The van der Waals surface area contributed by atoms with Gasteiger partial charge in [0.25, 0.3) is 0 Å². The molecule has 2 heteroatoms. The lowest BCUT2D eigenvalue weighted by Crippen LogP contribution is -2.32. The van der Waals surface area contributed by atoms with Crippen LogP contribution in [0.25, 0.3) is 6.08 Å². The van der Waals surface area contributed by atoms with Crippen molar-refractivity contribution in [2.75, 3.05) is 0 Å². The molecule has 2 saturated carbocycles. The van der Waals surface area contributed by atoms with Crippen LogP contribution in [0.15, 0.2) is 47.6 Å². The first-order chi connectivity index (χ1) is 13.2. The molecule has 4 rings (SSSR count). The van der Waals surface area contributed by atoms with Crippen molar-refractivity contribution in [3.8, 4) is 0 Å². The molecule has 0 radical (unpaired) electrons. The van der Waals surface area contributed by atoms with Crippen LogP contribution >= 0.6 is 0 Å². The van der Waals surface area contributed by atoms with Crippen molar-refractivity contribution in [3.05, 3.63) is 53.1 Å².